The average Bonchev–Trinajstić information content (AvgIpc) is 3.08. The van der Waals surface area contributed by atoms with E-state index in [0.717, 1.165) is 0 Å². The van der Waals surface area contributed by atoms with E-state index >= 15 is 0 Å². The van der Waals surface area contributed by atoms with Crippen LogP contribution in [-0.4, -0.2) is 24.7 Å². The van der Waals surface area contributed by atoms with E-state index in [4.69, 9.17) is 16.3 Å². The van der Waals surface area contributed by atoms with Gasteiger partial charge in [0.1, 0.15) is 5.60 Å². The van der Waals surface area contributed by atoms with Crippen molar-refractivity contribution in [3.8, 4) is 0 Å². The number of ether oxygens (including phenoxy) is 1. The fraction of sp³-hybridized carbons (Fsp3) is 0.500. The van der Waals surface area contributed by atoms with Gasteiger partial charge >= 0.3 is 5.97 Å². The fourth-order valence-corrected chi connectivity index (χ4v) is 3.88. The van der Waals surface area contributed by atoms with Gasteiger partial charge in [-0.3, -0.25) is 4.79 Å². The summed E-state index contributed by atoms with van der Waals surface area (Å²) in [6.45, 7) is 5.15. The van der Waals surface area contributed by atoms with Gasteiger partial charge < -0.3 is 4.74 Å². The second-order valence-corrected chi connectivity index (χ2v) is 8.65. The number of esters is 1. The molecule has 1 fully saturated rings. The van der Waals surface area contributed by atoms with E-state index in [0.29, 0.717) is 17.9 Å². The standard InChI is InChI=1S/C14H17ClO4S/c1-13(2,3)19-12(16)14(8-9-14)20(17,18)11-6-4-10(15)5-7-11/h4-7H,8-9H2,1-3H3. The van der Waals surface area contributed by atoms with E-state index in [1.807, 2.05) is 0 Å². The molecule has 1 aliphatic rings. The molecule has 0 radical (unpaired) electrons. The first-order valence-electron chi connectivity index (χ1n) is 6.32. The van der Waals surface area contributed by atoms with E-state index in [9.17, 15) is 13.2 Å². The maximum absolute atomic E-state index is 12.6. The lowest BCUT2D eigenvalue weighted by atomic mass is 10.2. The number of hydrogen-bond acceptors (Lipinski definition) is 4. The van der Waals surface area contributed by atoms with Gasteiger partial charge in [-0.05, 0) is 57.9 Å². The van der Waals surface area contributed by atoms with Crippen LogP contribution >= 0.6 is 11.6 Å². The van der Waals surface area contributed by atoms with Crippen LogP contribution < -0.4 is 0 Å². The number of carbonyl (C=O) groups excluding carboxylic acids is 1. The fourth-order valence-electron chi connectivity index (χ4n) is 1.91. The Balaban J connectivity index is 2.34. The monoisotopic (exact) mass is 316 g/mol. The molecule has 0 unspecified atom stereocenters. The molecule has 4 nitrogen and oxygen atoms in total. The summed E-state index contributed by atoms with van der Waals surface area (Å²) in [4.78, 5) is 12.3. The largest absolute Gasteiger partial charge is 0.459 e. The minimum absolute atomic E-state index is 0.102. The molecule has 0 aliphatic heterocycles. The number of halogens is 1. The quantitative estimate of drug-likeness (QED) is 0.804. The number of sulfone groups is 1. The van der Waals surface area contributed by atoms with E-state index in [1.54, 1.807) is 20.8 Å². The van der Waals surface area contributed by atoms with Crippen molar-refractivity contribution in [3.63, 3.8) is 0 Å². The number of rotatable bonds is 3. The third-order valence-corrected chi connectivity index (χ3v) is 5.86. The van der Waals surface area contributed by atoms with Crippen molar-refractivity contribution in [1.29, 1.82) is 0 Å². The SMILES string of the molecule is CC(C)(C)OC(=O)C1(S(=O)(=O)c2ccc(Cl)cc2)CC1. The van der Waals surface area contributed by atoms with Crippen molar-refractivity contribution in [2.24, 2.45) is 0 Å². The highest BCUT2D eigenvalue weighted by molar-refractivity contribution is 7.94. The van der Waals surface area contributed by atoms with Crippen LogP contribution in [0, 0.1) is 0 Å². The lowest BCUT2D eigenvalue weighted by Gasteiger charge is -2.23. The van der Waals surface area contributed by atoms with Gasteiger partial charge in [0.05, 0.1) is 4.90 Å². The van der Waals surface area contributed by atoms with Crippen molar-refractivity contribution in [2.75, 3.05) is 0 Å². The molecule has 110 valence electrons. The second-order valence-electron chi connectivity index (χ2n) is 5.95. The first-order valence-corrected chi connectivity index (χ1v) is 8.18. The predicted octanol–water partition coefficient (Wildman–Crippen LogP) is 2.99. The van der Waals surface area contributed by atoms with Crippen LogP contribution in [0.15, 0.2) is 29.2 Å². The molecule has 2 rings (SSSR count). The molecule has 0 spiro atoms. The predicted molar refractivity (Wildman–Crippen MR) is 76.4 cm³/mol. The van der Waals surface area contributed by atoms with E-state index in [1.165, 1.54) is 24.3 Å². The molecule has 0 bridgehead atoms. The first-order chi connectivity index (χ1) is 9.08. The van der Waals surface area contributed by atoms with Crippen molar-refractivity contribution in [2.45, 2.75) is 48.9 Å². The number of carbonyl (C=O) groups is 1. The van der Waals surface area contributed by atoms with Crippen LogP contribution in [0.4, 0.5) is 0 Å². The Bertz CT molecular complexity index is 622. The maximum atomic E-state index is 12.6. The van der Waals surface area contributed by atoms with Gasteiger partial charge in [-0.1, -0.05) is 11.6 Å². The molecule has 0 saturated heterocycles. The molecule has 1 aliphatic carbocycles. The summed E-state index contributed by atoms with van der Waals surface area (Å²) in [5.41, 5.74) is -0.706. The Morgan fingerprint density at radius 2 is 1.70 bits per heavy atom. The Kier molecular flexibility index (Phi) is 3.63. The van der Waals surface area contributed by atoms with Crippen molar-refractivity contribution < 1.29 is 17.9 Å². The van der Waals surface area contributed by atoms with Gasteiger partial charge in [0.15, 0.2) is 14.6 Å². The minimum atomic E-state index is -3.75. The van der Waals surface area contributed by atoms with Gasteiger partial charge in [-0.2, -0.15) is 0 Å². The molecule has 1 aromatic rings. The zero-order valence-corrected chi connectivity index (χ0v) is 13.2. The van der Waals surface area contributed by atoms with E-state index in [-0.39, 0.29) is 4.90 Å². The Morgan fingerprint density at radius 1 is 1.20 bits per heavy atom. The Hall–Kier alpha value is -1.07. The molecular formula is C14H17ClO4S. The van der Waals surface area contributed by atoms with Crippen molar-refractivity contribution in [3.05, 3.63) is 29.3 Å². The summed E-state index contributed by atoms with van der Waals surface area (Å²) in [6, 6.07) is 5.84. The third-order valence-electron chi connectivity index (χ3n) is 3.11. The summed E-state index contributed by atoms with van der Waals surface area (Å²) < 4.78 is 29.1. The van der Waals surface area contributed by atoms with Crippen molar-refractivity contribution >= 4 is 27.4 Å². The highest BCUT2D eigenvalue weighted by atomic mass is 35.5. The van der Waals surface area contributed by atoms with Crippen LogP contribution in [0.1, 0.15) is 33.6 Å². The van der Waals surface area contributed by atoms with E-state index in [2.05, 4.69) is 0 Å². The molecule has 6 heteroatoms. The molecule has 20 heavy (non-hydrogen) atoms. The van der Waals surface area contributed by atoms with Crippen LogP contribution in [0.25, 0.3) is 0 Å². The highest BCUT2D eigenvalue weighted by Gasteiger charge is 2.63. The first kappa shape index (κ1) is 15.3. The van der Waals surface area contributed by atoms with Crippen LogP contribution in [-0.2, 0) is 19.4 Å². The Morgan fingerprint density at radius 3 is 2.10 bits per heavy atom. The van der Waals surface area contributed by atoms with E-state index < -0.39 is 26.2 Å². The minimum Gasteiger partial charge on any atom is -0.459 e. The van der Waals surface area contributed by atoms with Gasteiger partial charge in [0.2, 0.25) is 0 Å². The molecule has 0 aromatic heterocycles. The molecule has 0 N–H and O–H groups in total. The molecule has 0 atom stereocenters. The molecule has 0 heterocycles. The van der Waals surface area contributed by atoms with Gasteiger partial charge in [0.25, 0.3) is 0 Å². The van der Waals surface area contributed by atoms with Gasteiger partial charge in [-0.15, -0.1) is 0 Å². The molecule has 1 saturated carbocycles. The smallest absolute Gasteiger partial charge is 0.328 e. The second kappa shape index (κ2) is 4.74. The summed E-state index contributed by atoms with van der Waals surface area (Å²) >= 11 is 5.75. The average molecular weight is 317 g/mol. The zero-order chi connectivity index (χ0) is 15.2. The molecule has 1 aromatic carbocycles. The van der Waals surface area contributed by atoms with Crippen LogP contribution in [0.3, 0.4) is 0 Å². The summed E-state index contributed by atoms with van der Waals surface area (Å²) in [5, 5.41) is 0.450. The zero-order valence-electron chi connectivity index (χ0n) is 11.6. The summed E-state index contributed by atoms with van der Waals surface area (Å²) in [6.07, 6.45) is 0.597. The van der Waals surface area contributed by atoms with Gasteiger partial charge in [0, 0.05) is 5.02 Å². The maximum Gasteiger partial charge on any atom is 0.328 e. The summed E-state index contributed by atoms with van der Waals surface area (Å²) in [5.74, 6) is -0.667. The van der Waals surface area contributed by atoms with Crippen LogP contribution in [0.5, 0.6) is 0 Å². The van der Waals surface area contributed by atoms with Crippen LogP contribution in [0.2, 0.25) is 5.02 Å². The van der Waals surface area contributed by atoms with Gasteiger partial charge in [-0.25, -0.2) is 8.42 Å². The highest BCUT2D eigenvalue weighted by Crippen LogP contribution is 2.48. The lowest BCUT2D eigenvalue weighted by Crippen LogP contribution is -2.38. The summed E-state index contributed by atoms with van der Waals surface area (Å²) in [7, 11) is -3.75. The number of benzene rings is 1. The molecule has 0 amide bonds. The third kappa shape index (κ3) is 2.69. The topological polar surface area (TPSA) is 60.4 Å². The normalized spacial score (nSPS) is 17.6. The Labute approximate surface area is 124 Å². The lowest BCUT2D eigenvalue weighted by molar-refractivity contribution is -0.155. The molecular weight excluding hydrogens is 300 g/mol. The number of hydrogen-bond donors (Lipinski definition) is 0. The van der Waals surface area contributed by atoms with Crippen molar-refractivity contribution in [1.82, 2.24) is 0 Å².